The van der Waals surface area contributed by atoms with Gasteiger partial charge in [0.15, 0.2) is 0 Å². The molecular weight excluding hydrogens is 214 g/mol. The van der Waals surface area contributed by atoms with Crippen LogP contribution in [0.15, 0.2) is 18.3 Å². The van der Waals surface area contributed by atoms with E-state index in [9.17, 15) is 4.79 Å². The van der Waals surface area contributed by atoms with Crippen molar-refractivity contribution in [2.24, 2.45) is 0 Å². The van der Waals surface area contributed by atoms with Gasteiger partial charge in [-0.25, -0.2) is 4.98 Å². The third-order valence-electron chi connectivity index (χ3n) is 2.65. The zero-order chi connectivity index (χ0) is 12.7. The van der Waals surface area contributed by atoms with Gasteiger partial charge in [0.25, 0.3) is 5.91 Å². The summed E-state index contributed by atoms with van der Waals surface area (Å²) in [6.07, 6.45) is 4.90. The first-order valence-corrected chi connectivity index (χ1v) is 6.12. The molecule has 17 heavy (non-hydrogen) atoms. The molecule has 1 heterocycles. The van der Waals surface area contributed by atoms with Crippen molar-refractivity contribution in [1.29, 1.82) is 0 Å². The fourth-order valence-electron chi connectivity index (χ4n) is 1.57. The molecule has 0 saturated carbocycles. The third-order valence-corrected chi connectivity index (χ3v) is 2.65. The highest BCUT2D eigenvalue weighted by Gasteiger charge is 2.09. The van der Waals surface area contributed by atoms with Crippen molar-refractivity contribution >= 4 is 11.7 Å². The molecule has 1 rings (SSSR count). The Balaban J connectivity index is 2.51. The predicted octanol–water partition coefficient (Wildman–Crippen LogP) is 2.43. The van der Waals surface area contributed by atoms with Crippen molar-refractivity contribution in [3.05, 3.63) is 23.9 Å². The van der Waals surface area contributed by atoms with Gasteiger partial charge in [0, 0.05) is 19.3 Å². The molecule has 0 aliphatic carbocycles. The second-order valence-electron chi connectivity index (χ2n) is 4.20. The average molecular weight is 235 g/mol. The van der Waals surface area contributed by atoms with E-state index >= 15 is 0 Å². The monoisotopic (exact) mass is 235 g/mol. The Morgan fingerprint density at radius 1 is 1.47 bits per heavy atom. The number of anilines is 1. The number of carbonyl (C=O) groups excluding carboxylic acids is 1. The van der Waals surface area contributed by atoms with Crippen LogP contribution in [0, 0.1) is 0 Å². The molecule has 2 N–H and O–H groups in total. The summed E-state index contributed by atoms with van der Waals surface area (Å²) in [7, 11) is 1.80. The molecule has 4 nitrogen and oxygen atoms in total. The van der Waals surface area contributed by atoms with Crippen LogP contribution < -0.4 is 10.6 Å². The standard InChI is InChI=1S/C13H21N3O/c1-4-5-6-10(2)16-13(17)11-7-8-12(14-3)15-9-11/h7-10H,4-6H2,1-3H3,(H,14,15)(H,16,17). The maximum absolute atomic E-state index is 11.8. The van der Waals surface area contributed by atoms with Crippen LogP contribution >= 0.6 is 0 Å². The van der Waals surface area contributed by atoms with Gasteiger partial charge in [-0.2, -0.15) is 0 Å². The molecular formula is C13H21N3O. The van der Waals surface area contributed by atoms with Crippen molar-refractivity contribution in [3.8, 4) is 0 Å². The lowest BCUT2D eigenvalue weighted by atomic mass is 10.1. The van der Waals surface area contributed by atoms with Crippen molar-refractivity contribution < 1.29 is 4.79 Å². The number of pyridine rings is 1. The summed E-state index contributed by atoms with van der Waals surface area (Å²) < 4.78 is 0. The summed E-state index contributed by atoms with van der Waals surface area (Å²) in [5.41, 5.74) is 0.604. The van der Waals surface area contributed by atoms with Crippen molar-refractivity contribution in [1.82, 2.24) is 10.3 Å². The summed E-state index contributed by atoms with van der Waals surface area (Å²) in [6, 6.07) is 3.79. The highest BCUT2D eigenvalue weighted by Crippen LogP contribution is 2.05. The van der Waals surface area contributed by atoms with E-state index in [4.69, 9.17) is 0 Å². The number of carbonyl (C=O) groups is 1. The number of nitrogens with one attached hydrogen (secondary N) is 2. The molecule has 0 fully saturated rings. The Bertz CT molecular complexity index is 348. The zero-order valence-corrected chi connectivity index (χ0v) is 10.8. The van der Waals surface area contributed by atoms with E-state index in [1.165, 1.54) is 0 Å². The Hall–Kier alpha value is -1.58. The lowest BCUT2D eigenvalue weighted by Crippen LogP contribution is -2.32. The van der Waals surface area contributed by atoms with Gasteiger partial charge >= 0.3 is 0 Å². The van der Waals surface area contributed by atoms with Crippen LogP contribution in [0.1, 0.15) is 43.5 Å². The minimum absolute atomic E-state index is 0.0521. The van der Waals surface area contributed by atoms with Crippen LogP contribution in [0.2, 0.25) is 0 Å². The molecule has 4 heteroatoms. The highest BCUT2D eigenvalue weighted by molar-refractivity contribution is 5.94. The summed E-state index contributed by atoms with van der Waals surface area (Å²) >= 11 is 0. The fourth-order valence-corrected chi connectivity index (χ4v) is 1.57. The normalized spacial score (nSPS) is 11.9. The molecule has 1 aromatic rings. The molecule has 0 bridgehead atoms. The molecule has 1 aromatic heterocycles. The van der Waals surface area contributed by atoms with Crippen LogP contribution in [0.4, 0.5) is 5.82 Å². The number of unbranched alkanes of at least 4 members (excludes halogenated alkanes) is 1. The molecule has 0 spiro atoms. The minimum atomic E-state index is -0.0521. The maximum Gasteiger partial charge on any atom is 0.253 e. The number of aromatic nitrogens is 1. The molecule has 1 amide bonds. The molecule has 1 unspecified atom stereocenters. The molecule has 1 atom stereocenters. The first-order valence-electron chi connectivity index (χ1n) is 6.12. The quantitative estimate of drug-likeness (QED) is 0.796. The van der Waals surface area contributed by atoms with E-state index in [-0.39, 0.29) is 11.9 Å². The second kappa shape index (κ2) is 6.89. The smallest absolute Gasteiger partial charge is 0.253 e. The molecule has 0 radical (unpaired) electrons. The van der Waals surface area contributed by atoms with Crippen LogP contribution in [-0.4, -0.2) is 24.0 Å². The second-order valence-corrected chi connectivity index (χ2v) is 4.20. The number of hydrogen-bond acceptors (Lipinski definition) is 3. The van der Waals surface area contributed by atoms with E-state index in [2.05, 4.69) is 22.5 Å². The van der Waals surface area contributed by atoms with Gasteiger partial charge in [0.05, 0.1) is 5.56 Å². The zero-order valence-electron chi connectivity index (χ0n) is 10.8. The van der Waals surface area contributed by atoms with Crippen molar-refractivity contribution in [2.45, 2.75) is 39.2 Å². The summed E-state index contributed by atoms with van der Waals surface area (Å²) in [5, 5.41) is 5.89. The summed E-state index contributed by atoms with van der Waals surface area (Å²) in [5.74, 6) is 0.712. The SMILES string of the molecule is CCCCC(C)NC(=O)c1ccc(NC)nc1. The Kier molecular flexibility index (Phi) is 5.46. The number of nitrogens with zero attached hydrogens (tertiary/aromatic N) is 1. The third kappa shape index (κ3) is 4.43. The molecule has 0 aliphatic rings. The fraction of sp³-hybridized carbons (Fsp3) is 0.538. The Morgan fingerprint density at radius 3 is 2.76 bits per heavy atom. The van der Waals surface area contributed by atoms with Crippen molar-refractivity contribution in [2.75, 3.05) is 12.4 Å². The van der Waals surface area contributed by atoms with Crippen LogP contribution in [0.5, 0.6) is 0 Å². The molecule has 0 aromatic carbocycles. The average Bonchev–Trinajstić information content (AvgIpc) is 2.36. The molecule has 0 saturated heterocycles. The Labute approximate surface area is 103 Å². The maximum atomic E-state index is 11.8. The van der Waals surface area contributed by atoms with Crippen LogP contribution in [-0.2, 0) is 0 Å². The summed E-state index contributed by atoms with van der Waals surface area (Å²) in [4.78, 5) is 16.0. The number of hydrogen-bond donors (Lipinski definition) is 2. The summed E-state index contributed by atoms with van der Waals surface area (Å²) in [6.45, 7) is 4.18. The van der Waals surface area contributed by atoms with E-state index in [1.807, 2.05) is 6.92 Å². The first kappa shape index (κ1) is 13.5. The molecule has 0 aliphatic heterocycles. The minimum Gasteiger partial charge on any atom is -0.373 e. The number of rotatable bonds is 6. The van der Waals surface area contributed by atoms with E-state index in [1.54, 1.807) is 25.4 Å². The first-order chi connectivity index (χ1) is 8.17. The van der Waals surface area contributed by atoms with Gasteiger partial charge in [-0.15, -0.1) is 0 Å². The predicted molar refractivity (Wildman–Crippen MR) is 70.2 cm³/mol. The van der Waals surface area contributed by atoms with Gasteiger partial charge in [0.1, 0.15) is 5.82 Å². The van der Waals surface area contributed by atoms with Gasteiger partial charge in [-0.3, -0.25) is 4.79 Å². The highest BCUT2D eigenvalue weighted by atomic mass is 16.1. The van der Waals surface area contributed by atoms with Gasteiger partial charge in [-0.1, -0.05) is 19.8 Å². The molecule has 94 valence electrons. The van der Waals surface area contributed by atoms with E-state index in [0.29, 0.717) is 5.56 Å². The van der Waals surface area contributed by atoms with Gasteiger partial charge in [0.2, 0.25) is 0 Å². The van der Waals surface area contributed by atoms with Crippen molar-refractivity contribution in [3.63, 3.8) is 0 Å². The van der Waals surface area contributed by atoms with E-state index < -0.39 is 0 Å². The largest absolute Gasteiger partial charge is 0.373 e. The van der Waals surface area contributed by atoms with Gasteiger partial charge in [-0.05, 0) is 25.5 Å². The van der Waals surface area contributed by atoms with Gasteiger partial charge < -0.3 is 10.6 Å². The van der Waals surface area contributed by atoms with Crippen LogP contribution in [0.25, 0.3) is 0 Å². The van der Waals surface area contributed by atoms with E-state index in [0.717, 1.165) is 25.1 Å². The number of amides is 1. The lowest BCUT2D eigenvalue weighted by Gasteiger charge is -2.13. The topological polar surface area (TPSA) is 54.0 Å². The Morgan fingerprint density at radius 2 is 2.24 bits per heavy atom. The van der Waals surface area contributed by atoms with Crippen LogP contribution in [0.3, 0.4) is 0 Å². The lowest BCUT2D eigenvalue weighted by molar-refractivity contribution is 0.0937.